The summed E-state index contributed by atoms with van der Waals surface area (Å²) in [7, 11) is 1.55. The number of carbonyl (C=O) groups excluding carboxylic acids is 1. The zero-order valence-electron chi connectivity index (χ0n) is 7.01. The molecule has 70 valence electrons. The monoisotopic (exact) mass is 218 g/mol. The van der Waals surface area contributed by atoms with Crippen LogP contribution in [0.25, 0.3) is 0 Å². The third kappa shape index (κ3) is 2.90. The van der Waals surface area contributed by atoms with Crippen molar-refractivity contribution in [2.24, 2.45) is 0 Å². The van der Waals surface area contributed by atoms with Crippen LogP contribution in [0.5, 0.6) is 5.75 Å². The van der Waals surface area contributed by atoms with E-state index in [0.717, 1.165) is 0 Å². The fraction of sp³-hybridized carbons (Fsp3) is 0.222. The minimum atomic E-state index is -0.435. The molecule has 0 unspecified atom stereocenters. The summed E-state index contributed by atoms with van der Waals surface area (Å²) in [5.41, 5.74) is 0.681. The van der Waals surface area contributed by atoms with Crippen molar-refractivity contribution in [3.8, 4) is 5.75 Å². The topological polar surface area (TPSA) is 26.3 Å². The molecule has 0 heterocycles. The molecule has 0 radical (unpaired) electrons. The third-order valence-electron chi connectivity index (χ3n) is 1.58. The number of carbonyl (C=O) groups is 1. The highest BCUT2D eigenvalue weighted by Crippen LogP contribution is 2.22. The van der Waals surface area contributed by atoms with Crippen molar-refractivity contribution < 1.29 is 9.53 Å². The zero-order valence-corrected chi connectivity index (χ0v) is 8.52. The Morgan fingerprint density at radius 1 is 1.54 bits per heavy atom. The van der Waals surface area contributed by atoms with Gasteiger partial charge in [-0.25, -0.2) is 0 Å². The molecule has 13 heavy (non-hydrogen) atoms. The lowest BCUT2D eigenvalue weighted by atomic mass is 10.1. The van der Waals surface area contributed by atoms with Crippen LogP contribution >= 0.6 is 23.2 Å². The first-order valence-electron chi connectivity index (χ1n) is 3.64. The van der Waals surface area contributed by atoms with E-state index in [0.29, 0.717) is 16.3 Å². The van der Waals surface area contributed by atoms with Gasteiger partial charge in [-0.1, -0.05) is 11.6 Å². The van der Waals surface area contributed by atoms with Crippen LogP contribution in [-0.4, -0.2) is 12.4 Å². The molecule has 0 spiro atoms. The van der Waals surface area contributed by atoms with Crippen LogP contribution in [0.4, 0.5) is 0 Å². The largest absolute Gasteiger partial charge is 0.497 e. The van der Waals surface area contributed by atoms with Crippen molar-refractivity contribution in [3.05, 3.63) is 28.8 Å². The average molecular weight is 219 g/mol. The lowest BCUT2D eigenvalue weighted by Gasteiger charge is -2.04. The second-order valence-corrected chi connectivity index (χ2v) is 3.32. The molecule has 0 aliphatic rings. The van der Waals surface area contributed by atoms with Crippen LogP contribution in [0.2, 0.25) is 5.02 Å². The summed E-state index contributed by atoms with van der Waals surface area (Å²) in [6.07, 6.45) is 0.123. The fourth-order valence-electron chi connectivity index (χ4n) is 0.963. The van der Waals surface area contributed by atoms with Gasteiger partial charge < -0.3 is 4.74 Å². The van der Waals surface area contributed by atoms with Crippen molar-refractivity contribution >= 4 is 28.4 Å². The zero-order chi connectivity index (χ0) is 9.84. The third-order valence-corrected chi connectivity index (χ3v) is 2.08. The van der Waals surface area contributed by atoms with E-state index < -0.39 is 5.24 Å². The highest BCUT2D eigenvalue weighted by atomic mass is 35.5. The molecule has 0 atom stereocenters. The first-order chi connectivity index (χ1) is 6.13. The summed E-state index contributed by atoms with van der Waals surface area (Å²) in [6, 6.07) is 5.10. The van der Waals surface area contributed by atoms with Gasteiger partial charge in [0.15, 0.2) is 0 Å². The average Bonchev–Trinajstić information content (AvgIpc) is 2.08. The first-order valence-corrected chi connectivity index (χ1v) is 4.40. The number of ether oxygens (including phenoxy) is 1. The summed E-state index contributed by atoms with van der Waals surface area (Å²) < 4.78 is 4.98. The van der Waals surface area contributed by atoms with Gasteiger partial charge in [0.05, 0.1) is 7.11 Å². The number of halogens is 2. The quantitative estimate of drug-likeness (QED) is 0.730. The maximum absolute atomic E-state index is 10.6. The summed E-state index contributed by atoms with van der Waals surface area (Å²) in [5, 5.41) is 0.0879. The van der Waals surface area contributed by atoms with Gasteiger partial charge in [-0.15, -0.1) is 0 Å². The van der Waals surface area contributed by atoms with Gasteiger partial charge in [-0.2, -0.15) is 0 Å². The van der Waals surface area contributed by atoms with Crippen LogP contribution in [0.15, 0.2) is 18.2 Å². The van der Waals surface area contributed by atoms with E-state index in [9.17, 15) is 4.79 Å². The summed E-state index contributed by atoms with van der Waals surface area (Å²) in [5.74, 6) is 0.664. The van der Waals surface area contributed by atoms with Gasteiger partial charge in [0, 0.05) is 11.4 Å². The van der Waals surface area contributed by atoms with E-state index in [1.54, 1.807) is 25.3 Å². The Labute approximate surface area is 86.4 Å². The van der Waals surface area contributed by atoms with Gasteiger partial charge in [0.25, 0.3) is 0 Å². The van der Waals surface area contributed by atoms with Gasteiger partial charge in [-0.3, -0.25) is 4.79 Å². The number of benzene rings is 1. The van der Waals surface area contributed by atoms with E-state index in [1.165, 1.54) is 0 Å². The predicted octanol–water partition coefficient (Wildman–Crippen LogP) is 2.66. The van der Waals surface area contributed by atoms with Crippen LogP contribution in [0.3, 0.4) is 0 Å². The second-order valence-electron chi connectivity index (χ2n) is 2.49. The van der Waals surface area contributed by atoms with E-state index >= 15 is 0 Å². The fourth-order valence-corrected chi connectivity index (χ4v) is 1.29. The normalized spacial score (nSPS) is 9.77. The highest BCUT2D eigenvalue weighted by Gasteiger charge is 2.05. The van der Waals surface area contributed by atoms with E-state index in [1.807, 2.05) is 0 Å². The van der Waals surface area contributed by atoms with Crippen molar-refractivity contribution in [3.63, 3.8) is 0 Å². The maximum Gasteiger partial charge on any atom is 0.226 e. The molecule has 1 aromatic carbocycles. The van der Waals surface area contributed by atoms with Gasteiger partial charge in [0.1, 0.15) is 5.75 Å². The Morgan fingerprint density at radius 3 is 2.77 bits per heavy atom. The summed E-state index contributed by atoms with van der Waals surface area (Å²) in [4.78, 5) is 10.6. The van der Waals surface area contributed by atoms with Gasteiger partial charge in [0.2, 0.25) is 5.24 Å². The highest BCUT2D eigenvalue weighted by molar-refractivity contribution is 6.63. The van der Waals surface area contributed by atoms with E-state index in [2.05, 4.69) is 0 Å². The molecule has 1 rings (SSSR count). The Kier molecular flexibility index (Phi) is 3.58. The SMILES string of the molecule is COc1ccc(Cl)c(CC(=O)Cl)c1. The standard InChI is InChI=1S/C9H8Cl2O2/c1-13-7-2-3-8(10)6(4-7)5-9(11)12/h2-4H,5H2,1H3. The number of hydrogen-bond donors (Lipinski definition) is 0. The molecule has 0 aliphatic heterocycles. The Balaban J connectivity index is 2.96. The number of rotatable bonds is 3. The first kappa shape index (κ1) is 10.4. The number of methoxy groups -OCH3 is 1. The number of hydrogen-bond acceptors (Lipinski definition) is 2. The molecular weight excluding hydrogens is 211 g/mol. The van der Waals surface area contributed by atoms with Crippen LogP contribution in [0.1, 0.15) is 5.56 Å². The molecule has 2 nitrogen and oxygen atoms in total. The molecule has 0 saturated carbocycles. The Morgan fingerprint density at radius 2 is 2.23 bits per heavy atom. The van der Waals surface area contributed by atoms with Crippen molar-refractivity contribution in [2.45, 2.75) is 6.42 Å². The maximum atomic E-state index is 10.6. The van der Waals surface area contributed by atoms with Crippen molar-refractivity contribution in [2.75, 3.05) is 7.11 Å². The van der Waals surface area contributed by atoms with Crippen molar-refractivity contribution in [1.82, 2.24) is 0 Å². The predicted molar refractivity (Wildman–Crippen MR) is 52.6 cm³/mol. The summed E-state index contributed by atoms with van der Waals surface area (Å²) >= 11 is 11.1. The molecule has 0 amide bonds. The molecule has 0 fully saturated rings. The molecule has 0 N–H and O–H groups in total. The molecule has 0 aromatic heterocycles. The van der Waals surface area contributed by atoms with Gasteiger partial charge in [-0.05, 0) is 35.4 Å². The molecule has 0 bridgehead atoms. The van der Waals surface area contributed by atoms with Crippen LogP contribution < -0.4 is 4.74 Å². The molecule has 4 heteroatoms. The van der Waals surface area contributed by atoms with Crippen LogP contribution in [-0.2, 0) is 11.2 Å². The van der Waals surface area contributed by atoms with E-state index in [4.69, 9.17) is 27.9 Å². The second kappa shape index (κ2) is 4.49. The Hall–Kier alpha value is -0.730. The minimum absolute atomic E-state index is 0.123. The molecule has 0 aliphatic carbocycles. The molecular formula is C9H8Cl2O2. The molecule has 1 aromatic rings. The lowest BCUT2D eigenvalue weighted by molar-refractivity contribution is -0.111. The van der Waals surface area contributed by atoms with Gasteiger partial charge >= 0.3 is 0 Å². The van der Waals surface area contributed by atoms with E-state index in [-0.39, 0.29) is 6.42 Å². The smallest absolute Gasteiger partial charge is 0.226 e. The lowest BCUT2D eigenvalue weighted by Crippen LogP contribution is -1.95. The Bertz CT molecular complexity index is 323. The minimum Gasteiger partial charge on any atom is -0.497 e. The molecule has 0 saturated heterocycles. The summed E-state index contributed by atoms with van der Waals surface area (Å²) in [6.45, 7) is 0. The van der Waals surface area contributed by atoms with Crippen LogP contribution in [0, 0.1) is 0 Å². The van der Waals surface area contributed by atoms with Crippen molar-refractivity contribution in [1.29, 1.82) is 0 Å².